The Morgan fingerprint density at radius 3 is 2.55 bits per heavy atom. The van der Waals surface area contributed by atoms with Crippen molar-refractivity contribution < 1.29 is 9.18 Å². The van der Waals surface area contributed by atoms with E-state index in [4.69, 9.17) is 15.8 Å². The topological polar surface area (TPSA) is 153 Å². The fraction of sp³-hybridized carbons (Fsp3) is 0.167. The van der Waals surface area contributed by atoms with Crippen molar-refractivity contribution in [2.24, 2.45) is 0 Å². The lowest BCUT2D eigenvalue weighted by atomic mass is 9.77. The van der Waals surface area contributed by atoms with Crippen LogP contribution in [0.15, 0.2) is 72.8 Å². The molecule has 12 heteroatoms. The van der Waals surface area contributed by atoms with Crippen LogP contribution in [0, 0.1) is 5.82 Å². The van der Waals surface area contributed by atoms with Crippen LogP contribution in [-0.2, 0) is 29.6 Å². The number of aromatic amines is 1. The van der Waals surface area contributed by atoms with Crippen LogP contribution < -0.4 is 11.1 Å². The number of fused-ring (bicyclic) bond motifs is 2. The minimum atomic E-state index is -1.09. The second kappa shape index (κ2) is 9.84. The number of nitrogen functional groups attached to an aromatic ring is 1. The fourth-order valence-electron chi connectivity index (χ4n) is 5.54. The molecule has 0 bridgehead atoms. The maximum atomic E-state index is 14.4. The normalized spacial score (nSPS) is 16.1. The first-order chi connectivity index (χ1) is 20.4. The largest absolute Gasteiger partial charge is 0.383 e. The van der Waals surface area contributed by atoms with Crippen LogP contribution in [0.5, 0.6) is 0 Å². The molecule has 42 heavy (non-hydrogen) atoms. The molecule has 4 heterocycles. The van der Waals surface area contributed by atoms with E-state index < -0.39 is 5.41 Å². The molecule has 0 radical (unpaired) electrons. The van der Waals surface area contributed by atoms with Crippen molar-refractivity contribution in [3.8, 4) is 11.5 Å². The van der Waals surface area contributed by atoms with Gasteiger partial charge in [-0.2, -0.15) is 10.3 Å². The van der Waals surface area contributed by atoms with Gasteiger partial charge < -0.3 is 11.1 Å². The van der Waals surface area contributed by atoms with E-state index in [-0.39, 0.29) is 29.9 Å². The summed E-state index contributed by atoms with van der Waals surface area (Å²) >= 11 is 0. The summed E-state index contributed by atoms with van der Waals surface area (Å²) in [4.78, 5) is 22.8. The fourth-order valence-corrected chi connectivity index (χ4v) is 5.54. The smallest absolute Gasteiger partial charge is 0.240 e. The summed E-state index contributed by atoms with van der Waals surface area (Å²) in [6.45, 7) is 2.05. The van der Waals surface area contributed by atoms with Crippen molar-refractivity contribution in [2.45, 2.75) is 31.7 Å². The molecular formula is C30H25FN10O. The first-order valence-electron chi connectivity index (χ1n) is 13.4. The van der Waals surface area contributed by atoms with Crippen LogP contribution in [0.25, 0.3) is 22.4 Å². The summed E-state index contributed by atoms with van der Waals surface area (Å²) < 4.78 is 16.2. The second-order valence-corrected chi connectivity index (χ2v) is 10.4. The van der Waals surface area contributed by atoms with Gasteiger partial charge in [-0.1, -0.05) is 65.9 Å². The predicted molar refractivity (Wildman–Crippen MR) is 154 cm³/mol. The van der Waals surface area contributed by atoms with Crippen molar-refractivity contribution in [1.82, 2.24) is 40.4 Å². The second-order valence-electron chi connectivity index (χ2n) is 10.4. The number of carbonyl (C=O) groups is 1. The monoisotopic (exact) mass is 560 g/mol. The van der Waals surface area contributed by atoms with Gasteiger partial charge in [0.15, 0.2) is 11.6 Å². The van der Waals surface area contributed by atoms with Crippen LogP contribution in [0.1, 0.15) is 35.0 Å². The molecule has 4 N–H and O–H groups in total. The third-order valence-corrected chi connectivity index (χ3v) is 7.83. The number of hydrogen-bond donors (Lipinski definition) is 3. The maximum Gasteiger partial charge on any atom is 0.240 e. The molecule has 0 aliphatic carbocycles. The van der Waals surface area contributed by atoms with Crippen LogP contribution >= 0.6 is 0 Å². The number of nitrogens with zero attached hydrogens (tertiary/aromatic N) is 7. The zero-order chi connectivity index (χ0) is 28.8. The quantitative estimate of drug-likeness (QED) is 0.266. The number of hydrogen-bond acceptors (Lipinski definition) is 8. The lowest BCUT2D eigenvalue weighted by Gasteiger charge is -2.23. The molecule has 1 aliphatic rings. The van der Waals surface area contributed by atoms with E-state index >= 15 is 0 Å². The number of carbonyl (C=O) groups excluding carboxylic acids is 1. The first kappa shape index (κ1) is 25.4. The molecule has 0 saturated carbocycles. The minimum absolute atomic E-state index is 0.185. The molecule has 208 valence electrons. The Bertz CT molecular complexity index is 1950. The molecule has 1 atom stereocenters. The van der Waals surface area contributed by atoms with Crippen molar-refractivity contribution in [3.63, 3.8) is 0 Å². The van der Waals surface area contributed by atoms with Gasteiger partial charge in [0.2, 0.25) is 5.91 Å². The highest BCUT2D eigenvalue weighted by Crippen LogP contribution is 2.45. The van der Waals surface area contributed by atoms with Crippen molar-refractivity contribution >= 4 is 28.4 Å². The number of aryl methyl sites for hydroxylation is 2. The van der Waals surface area contributed by atoms with Gasteiger partial charge in [0.05, 0.1) is 17.6 Å². The van der Waals surface area contributed by atoms with Crippen LogP contribution in [0.4, 0.5) is 16.0 Å². The Morgan fingerprint density at radius 2 is 1.76 bits per heavy atom. The summed E-state index contributed by atoms with van der Waals surface area (Å²) in [5, 5.41) is 22.5. The van der Waals surface area contributed by atoms with Crippen molar-refractivity contribution in [3.05, 3.63) is 107 Å². The van der Waals surface area contributed by atoms with Gasteiger partial charge in [-0.25, -0.2) is 14.4 Å². The predicted octanol–water partition coefficient (Wildman–Crippen LogP) is 3.82. The van der Waals surface area contributed by atoms with Crippen molar-refractivity contribution in [2.75, 3.05) is 11.1 Å². The van der Waals surface area contributed by atoms with E-state index in [9.17, 15) is 9.18 Å². The molecule has 0 fully saturated rings. The van der Waals surface area contributed by atoms with Gasteiger partial charge in [0.25, 0.3) is 0 Å². The number of amides is 1. The van der Waals surface area contributed by atoms with Gasteiger partial charge in [-0.3, -0.25) is 9.48 Å². The number of benzene rings is 3. The van der Waals surface area contributed by atoms with Gasteiger partial charge in [0, 0.05) is 17.4 Å². The third kappa shape index (κ3) is 4.15. The highest BCUT2D eigenvalue weighted by Gasteiger charge is 2.47. The average Bonchev–Trinajstić information content (AvgIpc) is 3.71. The molecule has 7 rings (SSSR count). The Hall–Kier alpha value is -5.52. The van der Waals surface area contributed by atoms with Crippen LogP contribution in [0.3, 0.4) is 0 Å². The lowest BCUT2D eigenvalue weighted by Crippen LogP contribution is -2.33. The molecule has 11 nitrogen and oxygen atoms in total. The average molecular weight is 561 g/mol. The van der Waals surface area contributed by atoms with Crippen molar-refractivity contribution in [1.29, 1.82) is 0 Å². The summed E-state index contributed by atoms with van der Waals surface area (Å²) in [6.07, 6.45) is 1.37. The van der Waals surface area contributed by atoms with Gasteiger partial charge in [0.1, 0.15) is 28.6 Å². The van der Waals surface area contributed by atoms with E-state index in [0.717, 1.165) is 28.5 Å². The summed E-state index contributed by atoms with van der Waals surface area (Å²) in [6, 6.07) is 22.0. The molecular weight excluding hydrogens is 535 g/mol. The Kier molecular flexibility index (Phi) is 5.96. The number of anilines is 2. The molecule has 6 aromatic rings. The van der Waals surface area contributed by atoms with Crippen LogP contribution in [-0.4, -0.2) is 46.3 Å². The SMILES string of the molecule is C[C@@]1(c2ccc(CCc3nn[nH]n3)cc2)C(=O)Nc2nc(-c3nn(Cc4ccccc4F)c4ccccc34)nc(N)c21. The zero-order valence-corrected chi connectivity index (χ0v) is 22.5. The molecule has 0 saturated heterocycles. The van der Waals surface area contributed by atoms with E-state index in [1.807, 2.05) is 55.5 Å². The third-order valence-electron chi connectivity index (χ3n) is 7.83. The van der Waals surface area contributed by atoms with E-state index in [1.165, 1.54) is 6.07 Å². The Labute approximate surface area is 239 Å². The van der Waals surface area contributed by atoms with E-state index in [2.05, 4.69) is 30.9 Å². The number of H-pyrrole nitrogens is 1. The number of tetrazole rings is 1. The maximum absolute atomic E-state index is 14.4. The number of para-hydroxylation sites is 1. The number of nitrogens with one attached hydrogen (secondary N) is 2. The summed E-state index contributed by atoms with van der Waals surface area (Å²) in [5.41, 5.74) is 9.63. The number of rotatable bonds is 7. The summed E-state index contributed by atoms with van der Waals surface area (Å²) in [5.74, 6) is 0.893. The molecule has 0 spiro atoms. The zero-order valence-electron chi connectivity index (χ0n) is 22.5. The lowest BCUT2D eigenvalue weighted by molar-refractivity contribution is -0.119. The standard InChI is InChI=1S/C30H25FN10O/c1-30(19-13-10-17(11-14-19)12-15-23-36-39-40-37-23)24-26(32)33-28(34-27(24)35-29(30)42)25-20-7-3-5-9-22(20)41(38-25)16-18-6-2-4-8-21(18)31/h2-11,13-14H,12,15-16H2,1H3,(H,36,37,39,40)(H3,32,33,34,35,42)/t30-/m0/s1. The molecule has 0 unspecified atom stereocenters. The molecule has 3 aromatic heterocycles. The first-order valence-corrected chi connectivity index (χ1v) is 13.4. The highest BCUT2D eigenvalue weighted by atomic mass is 19.1. The highest BCUT2D eigenvalue weighted by molar-refractivity contribution is 6.09. The number of nitrogens with two attached hydrogens (primary N) is 1. The number of halogens is 1. The molecule has 3 aromatic carbocycles. The minimum Gasteiger partial charge on any atom is -0.383 e. The Balaban J connectivity index is 1.24. The van der Waals surface area contributed by atoms with E-state index in [0.29, 0.717) is 34.9 Å². The van der Waals surface area contributed by atoms with E-state index in [1.54, 1.807) is 22.9 Å². The van der Waals surface area contributed by atoms with Gasteiger partial charge >= 0.3 is 0 Å². The van der Waals surface area contributed by atoms with Crippen LogP contribution in [0.2, 0.25) is 0 Å². The van der Waals surface area contributed by atoms with Gasteiger partial charge in [-0.15, -0.1) is 10.2 Å². The Morgan fingerprint density at radius 1 is 0.976 bits per heavy atom. The molecule has 1 aliphatic heterocycles. The molecule has 1 amide bonds. The van der Waals surface area contributed by atoms with Gasteiger partial charge in [-0.05, 0) is 36.6 Å². The number of aromatic nitrogens is 8. The summed E-state index contributed by atoms with van der Waals surface area (Å²) in [7, 11) is 0.